The molecular weight excluding hydrogens is 212 g/mol. The lowest BCUT2D eigenvalue weighted by atomic mass is 10.1. The summed E-state index contributed by atoms with van der Waals surface area (Å²) in [4.78, 5) is 4.46. The first kappa shape index (κ1) is 13.5. The number of anilines is 1. The zero-order chi connectivity index (χ0) is 13.0. The Bertz CT molecular complexity index is 485. The minimum Gasteiger partial charge on any atom is -0.372 e. The van der Waals surface area contributed by atoms with Gasteiger partial charge in [0.2, 0.25) is 0 Å². The first-order valence-electron chi connectivity index (χ1n) is 6.16. The number of aryl methyl sites for hydroxylation is 1. The van der Waals surface area contributed by atoms with Crippen molar-refractivity contribution in [3.8, 4) is 0 Å². The molecule has 94 valence electrons. The van der Waals surface area contributed by atoms with E-state index in [4.69, 9.17) is 0 Å². The Morgan fingerprint density at radius 3 is 2.47 bits per heavy atom. The molecule has 0 aliphatic carbocycles. The number of hydrogen-bond donors (Lipinski definition) is 1. The van der Waals surface area contributed by atoms with Crippen molar-refractivity contribution in [3.63, 3.8) is 0 Å². The first-order valence-corrected chi connectivity index (χ1v) is 6.16. The summed E-state index contributed by atoms with van der Waals surface area (Å²) in [5.74, 6) is 1.32. The van der Waals surface area contributed by atoms with Crippen molar-refractivity contribution < 1.29 is 0 Å². The fraction of sp³-hybridized carbons (Fsp3) is 0.538. The minimum absolute atomic E-state index is 0.475. The maximum Gasteiger partial charge on any atom is 0.144 e. The molecule has 4 nitrogen and oxygen atoms in total. The van der Waals surface area contributed by atoms with Crippen LogP contribution in [0.2, 0.25) is 0 Å². The third-order valence-corrected chi connectivity index (χ3v) is 2.58. The van der Waals surface area contributed by atoms with Crippen LogP contribution in [0.3, 0.4) is 0 Å². The average Bonchev–Trinajstić information content (AvgIpc) is 2.76. The van der Waals surface area contributed by atoms with Crippen LogP contribution in [0.25, 0.3) is 5.52 Å². The molecule has 0 unspecified atom stereocenters. The van der Waals surface area contributed by atoms with Gasteiger partial charge in [-0.2, -0.15) is 5.10 Å². The molecule has 0 saturated heterocycles. The van der Waals surface area contributed by atoms with Crippen LogP contribution in [0.5, 0.6) is 0 Å². The molecule has 17 heavy (non-hydrogen) atoms. The molecule has 0 atom stereocenters. The second-order valence-electron chi connectivity index (χ2n) is 4.01. The number of nitrogens with zero attached hydrogens (tertiary/aromatic N) is 3. The Labute approximate surface area is 103 Å². The first-order chi connectivity index (χ1) is 8.13. The van der Waals surface area contributed by atoms with Crippen molar-refractivity contribution >= 4 is 11.3 Å². The topological polar surface area (TPSA) is 42.2 Å². The van der Waals surface area contributed by atoms with Gasteiger partial charge in [0.1, 0.15) is 5.82 Å². The van der Waals surface area contributed by atoms with E-state index in [0.29, 0.717) is 5.92 Å². The molecule has 0 aliphatic rings. The number of rotatable bonds is 2. The van der Waals surface area contributed by atoms with Crippen LogP contribution in [0.15, 0.2) is 12.4 Å². The smallest absolute Gasteiger partial charge is 0.144 e. The van der Waals surface area contributed by atoms with Gasteiger partial charge >= 0.3 is 0 Å². The fourth-order valence-electron chi connectivity index (χ4n) is 1.77. The molecule has 0 spiro atoms. The lowest BCUT2D eigenvalue weighted by Crippen LogP contribution is -2.00. The number of aromatic nitrogens is 3. The maximum absolute atomic E-state index is 4.46. The molecule has 2 aromatic heterocycles. The summed E-state index contributed by atoms with van der Waals surface area (Å²) in [5, 5.41) is 7.37. The third kappa shape index (κ3) is 2.57. The van der Waals surface area contributed by atoms with Crippen molar-refractivity contribution in [1.82, 2.24) is 14.6 Å². The summed E-state index contributed by atoms with van der Waals surface area (Å²) >= 11 is 0. The number of hydrogen-bond acceptors (Lipinski definition) is 3. The van der Waals surface area contributed by atoms with Crippen molar-refractivity contribution in [3.05, 3.63) is 23.7 Å². The Kier molecular flexibility index (Phi) is 4.49. The molecule has 2 rings (SSSR count). The molecule has 0 aromatic carbocycles. The zero-order valence-electron chi connectivity index (χ0n) is 11.6. The van der Waals surface area contributed by atoms with E-state index in [2.05, 4.69) is 29.2 Å². The molecule has 0 aliphatic heterocycles. The molecular formula is C13H22N4. The van der Waals surface area contributed by atoms with Gasteiger partial charge in [0.05, 0.1) is 23.6 Å². The van der Waals surface area contributed by atoms with Gasteiger partial charge in [0.25, 0.3) is 0 Å². The quantitative estimate of drug-likeness (QED) is 0.867. The van der Waals surface area contributed by atoms with E-state index in [0.717, 1.165) is 17.0 Å². The van der Waals surface area contributed by atoms with Crippen LogP contribution in [0, 0.1) is 6.92 Å². The second kappa shape index (κ2) is 5.66. The molecule has 2 aromatic rings. The van der Waals surface area contributed by atoms with Crippen molar-refractivity contribution in [2.45, 2.75) is 40.5 Å². The Hall–Kier alpha value is -1.58. The second-order valence-corrected chi connectivity index (χ2v) is 4.01. The van der Waals surface area contributed by atoms with E-state index in [1.54, 1.807) is 0 Å². The van der Waals surface area contributed by atoms with E-state index in [1.165, 1.54) is 5.56 Å². The van der Waals surface area contributed by atoms with E-state index in [-0.39, 0.29) is 0 Å². The Morgan fingerprint density at radius 1 is 1.29 bits per heavy atom. The maximum atomic E-state index is 4.46. The van der Waals surface area contributed by atoms with Gasteiger partial charge in [-0.1, -0.05) is 27.7 Å². The van der Waals surface area contributed by atoms with Gasteiger partial charge in [-0.15, -0.1) is 0 Å². The SMILES string of the molecule is CC.CNc1cn2ncc(C(C)C)c2c(C)n1. The Morgan fingerprint density at radius 2 is 1.94 bits per heavy atom. The van der Waals surface area contributed by atoms with Gasteiger partial charge in [-0.05, 0) is 12.8 Å². The van der Waals surface area contributed by atoms with Crippen LogP contribution in [0.1, 0.15) is 44.9 Å². The van der Waals surface area contributed by atoms with Crippen LogP contribution in [-0.4, -0.2) is 21.6 Å². The number of nitrogens with one attached hydrogen (secondary N) is 1. The summed E-state index contributed by atoms with van der Waals surface area (Å²) in [6.07, 6.45) is 3.84. The predicted octanol–water partition coefficient (Wildman–Crippen LogP) is 3.23. The highest BCUT2D eigenvalue weighted by Crippen LogP contribution is 2.23. The lowest BCUT2D eigenvalue weighted by molar-refractivity contribution is 0.873. The lowest BCUT2D eigenvalue weighted by Gasteiger charge is -2.06. The molecule has 0 amide bonds. The zero-order valence-corrected chi connectivity index (χ0v) is 11.6. The van der Waals surface area contributed by atoms with Gasteiger partial charge < -0.3 is 5.32 Å². The fourth-order valence-corrected chi connectivity index (χ4v) is 1.77. The number of fused-ring (bicyclic) bond motifs is 1. The molecule has 2 heterocycles. The van der Waals surface area contributed by atoms with E-state index >= 15 is 0 Å². The van der Waals surface area contributed by atoms with Crippen molar-refractivity contribution in [2.24, 2.45) is 0 Å². The highest BCUT2D eigenvalue weighted by Gasteiger charge is 2.11. The Balaban J connectivity index is 0.000000686. The molecule has 0 saturated carbocycles. The van der Waals surface area contributed by atoms with Crippen LogP contribution >= 0.6 is 0 Å². The summed E-state index contributed by atoms with van der Waals surface area (Å²) in [6.45, 7) is 10.4. The molecule has 0 bridgehead atoms. The average molecular weight is 234 g/mol. The van der Waals surface area contributed by atoms with Crippen molar-refractivity contribution in [1.29, 1.82) is 0 Å². The molecule has 1 N–H and O–H groups in total. The highest BCUT2D eigenvalue weighted by molar-refractivity contribution is 5.60. The van der Waals surface area contributed by atoms with E-state index in [1.807, 2.05) is 44.7 Å². The highest BCUT2D eigenvalue weighted by atomic mass is 15.2. The predicted molar refractivity (Wildman–Crippen MR) is 72.7 cm³/mol. The van der Waals surface area contributed by atoms with Crippen LogP contribution in [0.4, 0.5) is 5.82 Å². The van der Waals surface area contributed by atoms with Gasteiger partial charge in [-0.25, -0.2) is 9.50 Å². The minimum atomic E-state index is 0.475. The summed E-state index contributed by atoms with van der Waals surface area (Å²) in [5.41, 5.74) is 3.40. The third-order valence-electron chi connectivity index (χ3n) is 2.58. The standard InChI is InChI=1S/C11H16N4.C2H6/c1-7(2)9-5-13-15-6-10(12-4)14-8(3)11(9)15;1-2/h5-7,12H,1-4H3;1-2H3. The van der Waals surface area contributed by atoms with Crippen LogP contribution < -0.4 is 5.32 Å². The van der Waals surface area contributed by atoms with E-state index in [9.17, 15) is 0 Å². The van der Waals surface area contributed by atoms with E-state index < -0.39 is 0 Å². The summed E-state index contributed by atoms with van der Waals surface area (Å²) < 4.78 is 1.89. The summed E-state index contributed by atoms with van der Waals surface area (Å²) in [6, 6.07) is 0. The summed E-state index contributed by atoms with van der Waals surface area (Å²) in [7, 11) is 1.86. The molecule has 0 radical (unpaired) electrons. The molecule has 0 fully saturated rings. The van der Waals surface area contributed by atoms with Gasteiger partial charge in [0, 0.05) is 12.6 Å². The van der Waals surface area contributed by atoms with Gasteiger partial charge in [0.15, 0.2) is 0 Å². The normalized spacial score (nSPS) is 10.3. The molecule has 4 heteroatoms. The monoisotopic (exact) mass is 234 g/mol. The largest absolute Gasteiger partial charge is 0.372 e. The van der Waals surface area contributed by atoms with Crippen LogP contribution in [-0.2, 0) is 0 Å². The van der Waals surface area contributed by atoms with Gasteiger partial charge in [-0.3, -0.25) is 0 Å². The van der Waals surface area contributed by atoms with Crippen molar-refractivity contribution in [2.75, 3.05) is 12.4 Å².